The van der Waals surface area contributed by atoms with Crippen LogP contribution in [0, 0.1) is 5.92 Å². The van der Waals surface area contributed by atoms with Gasteiger partial charge in [0.25, 0.3) is 0 Å². The first-order valence-corrected chi connectivity index (χ1v) is 10.6. The molecule has 0 spiro atoms. The number of thioether (sulfide) groups is 1. The van der Waals surface area contributed by atoms with Crippen LogP contribution in [0.4, 0.5) is 5.69 Å². The number of amides is 1. The van der Waals surface area contributed by atoms with E-state index in [0.717, 1.165) is 30.3 Å². The highest BCUT2D eigenvalue weighted by atomic mass is 32.2. The van der Waals surface area contributed by atoms with Crippen molar-refractivity contribution in [2.45, 2.75) is 51.8 Å². The first kappa shape index (κ1) is 20.6. The van der Waals surface area contributed by atoms with Crippen molar-refractivity contribution in [3.63, 3.8) is 0 Å². The molecule has 1 aromatic rings. The summed E-state index contributed by atoms with van der Waals surface area (Å²) in [6.07, 6.45) is 3.14. The summed E-state index contributed by atoms with van der Waals surface area (Å²) >= 11 is 2.04. The van der Waals surface area contributed by atoms with Gasteiger partial charge in [-0.1, -0.05) is 26.0 Å². The smallest absolute Gasteiger partial charge is 0.224 e. The molecule has 1 aliphatic heterocycles. The van der Waals surface area contributed by atoms with Crippen molar-refractivity contribution in [1.29, 1.82) is 0 Å². The molecular weight excluding hydrogens is 344 g/mol. The van der Waals surface area contributed by atoms with Crippen LogP contribution < -0.4 is 16.0 Å². The van der Waals surface area contributed by atoms with E-state index in [1.807, 2.05) is 49.9 Å². The Morgan fingerprint density at radius 1 is 1.35 bits per heavy atom. The third kappa shape index (κ3) is 7.68. The molecule has 26 heavy (non-hydrogen) atoms. The highest BCUT2D eigenvalue weighted by molar-refractivity contribution is 8.00. The Labute approximate surface area is 161 Å². The molecule has 5 nitrogen and oxygen atoms in total. The van der Waals surface area contributed by atoms with Crippen molar-refractivity contribution >= 4 is 29.3 Å². The number of guanidine groups is 1. The molecular formula is C20H32N4OS. The van der Waals surface area contributed by atoms with Gasteiger partial charge in [0.1, 0.15) is 0 Å². The molecule has 0 aliphatic carbocycles. The lowest BCUT2D eigenvalue weighted by Gasteiger charge is -2.14. The zero-order valence-corrected chi connectivity index (χ0v) is 17.0. The fourth-order valence-electron chi connectivity index (χ4n) is 2.86. The Balaban J connectivity index is 1.90. The summed E-state index contributed by atoms with van der Waals surface area (Å²) in [5.41, 5.74) is 1.92. The van der Waals surface area contributed by atoms with Crippen LogP contribution in [0.15, 0.2) is 29.3 Å². The fourth-order valence-corrected chi connectivity index (χ4v) is 4.06. The van der Waals surface area contributed by atoms with E-state index < -0.39 is 0 Å². The zero-order valence-electron chi connectivity index (χ0n) is 16.2. The summed E-state index contributed by atoms with van der Waals surface area (Å²) in [5.74, 6) is 2.54. The van der Waals surface area contributed by atoms with Gasteiger partial charge in [-0.25, -0.2) is 4.99 Å². The molecule has 1 fully saturated rings. The van der Waals surface area contributed by atoms with Gasteiger partial charge in [-0.3, -0.25) is 4.79 Å². The summed E-state index contributed by atoms with van der Waals surface area (Å²) in [4.78, 5) is 16.6. The first-order valence-electron chi connectivity index (χ1n) is 9.59. The molecule has 1 aliphatic rings. The van der Waals surface area contributed by atoms with Gasteiger partial charge in [-0.2, -0.15) is 11.8 Å². The van der Waals surface area contributed by atoms with E-state index >= 15 is 0 Å². The first-order chi connectivity index (χ1) is 12.6. The molecule has 3 N–H and O–H groups in total. The number of rotatable bonds is 8. The van der Waals surface area contributed by atoms with Crippen LogP contribution in [0.5, 0.6) is 0 Å². The van der Waals surface area contributed by atoms with Gasteiger partial charge >= 0.3 is 0 Å². The monoisotopic (exact) mass is 376 g/mol. The molecule has 1 saturated heterocycles. The van der Waals surface area contributed by atoms with Crippen molar-refractivity contribution in [3.05, 3.63) is 29.8 Å². The second kappa shape index (κ2) is 11.1. The van der Waals surface area contributed by atoms with E-state index in [-0.39, 0.29) is 5.91 Å². The molecule has 2 rings (SSSR count). The van der Waals surface area contributed by atoms with Gasteiger partial charge in [0.2, 0.25) is 5.91 Å². The average Bonchev–Trinajstić information content (AvgIpc) is 3.10. The lowest BCUT2D eigenvalue weighted by atomic mass is 10.1. The Morgan fingerprint density at radius 2 is 2.19 bits per heavy atom. The Morgan fingerprint density at radius 3 is 2.88 bits per heavy atom. The van der Waals surface area contributed by atoms with Crippen molar-refractivity contribution < 1.29 is 4.79 Å². The van der Waals surface area contributed by atoms with Gasteiger partial charge in [0, 0.05) is 30.4 Å². The summed E-state index contributed by atoms with van der Waals surface area (Å²) in [6.45, 7) is 8.55. The normalized spacial score (nSPS) is 17.4. The fraction of sp³-hybridized carbons (Fsp3) is 0.600. The van der Waals surface area contributed by atoms with E-state index in [2.05, 4.69) is 27.9 Å². The molecule has 1 atom stereocenters. The van der Waals surface area contributed by atoms with E-state index in [1.165, 1.54) is 18.6 Å². The maximum atomic E-state index is 11.9. The van der Waals surface area contributed by atoms with Gasteiger partial charge in [0.05, 0.1) is 6.54 Å². The standard InChI is InChI=1S/C20H32N4OS/c1-4-21-20(23-14-18-9-6-10-26-18)22-13-16-7-5-8-17(12-16)24-19(25)11-15(2)3/h5,7-8,12,15,18H,4,6,9-11,13-14H2,1-3H3,(H,24,25)(H2,21,22,23). The van der Waals surface area contributed by atoms with E-state index in [4.69, 9.17) is 0 Å². The van der Waals surface area contributed by atoms with E-state index in [9.17, 15) is 4.79 Å². The number of aliphatic imine (C=N–C) groups is 1. The number of hydrogen-bond acceptors (Lipinski definition) is 3. The van der Waals surface area contributed by atoms with Crippen LogP contribution in [-0.4, -0.2) is 36.0 Å². The highest BCUT2D eigenvalue weighted by Crippen LogP contribution is 2.25. The molecule has 6 heteroatoms. The van der Waals surface area contributed by atoms with Crippen molar-refractivity contribution in [1.82, 2.24) is 10.6 Å². The molecule has 1 amide bonds. The highest BCUT2D eigenvalue weighted by Gasteiger charge is 2.15. The number of hydrogen-bond donors (Lipinski definition) is 3. The van der Waals surface area contributed by atoms with Crippen LogP contribution in [0.3, 0.4) is 0 Å². The second-order valence-electron chi connectivity index (χ2n) is 7.06. The number of nitrogens with one attached hydrogen (secondary N) is 3. The maximum Gasteiger partial charge on any atom is 0.224 e. The zero-order chi connectivity index (χ0) is 18.8. The predicted molar refractivity (Wildman–Crippen MR) is 113 cm³/mol. The van der Waals surface area contributed by atoms with Crippen LogP contribution >= 0.6 is 11.8 Å². The summed E-state index contributed by atoms with van der Waals surface area (Å²) in [5, 5.41) is 10.4. The second-order valence-corrected chi connectivity index (χ2v) is 8.47. The van der Waals surface area contributed by atoms with Gasteiger partial charge in [-0.15, -0.1) is 0 Å². The molecule has 144 valence electrons. The Hall–Kier alpha value is -1.69. The Kier molecular flexibility index (Phi) is 8.81. The molecule has 1 aromatic carbocycles. The third-order valence-electron chi connectivity index (χ3n) is 4.09. The topological polar surface area (TPSA) is 65.5 Å². The van der Waals surface area contributed by atoms with Crippen LogP contribution in [0.2, 0.25) is 0 Å². The lowest BCUT2D eigenvalue weighted by molar-refractivity contribution is -0.116. The minimum Gasteiger partial charge on any atom is -0.357 e. The molecule has 0 aromatic heterocycles. The minimum absolute atomic E-state index is 0.0599. The Bertz CT molecular complexity index is 597. The average molecular weight is 377 g/mol. The van der Waals surface area contributed by atoms with Crippen LogP contribution in [0.1, 0.15) is 45.6 Å². The number of nitrogens with zero attached hydrogens (tertiary/aromatic N) is 1. The maximum absolute atomic E-state index is 11.9. The summed E-state index contributed by atoms with van der Waals surface area (Å²) in [6, 6.07) is 7.92. The van der Waals surface area contributed by atoms with Gasteiger partial charge < -0.3 is 16.0 Å². The van der Waals surface area contributed by atoms with Crippen molar-refractivity contribution in [2.75, 3.05) is 24.2 Å². The molecule has 0 radical (unpaired) electrons. The van der Waals surface area contributed by atoms with Gasteiger partial charge in [-0.05, 0) is 49.1 Å². The minimum atomic E-state index is 0.0599. The lowest BCUT2D eigenvalue weighted by Crippen LogP contribution is -2.40. The van der Waals surface area contributed by atoms with Gasteiger partial charge in [0.15, 0.2) is 5.96 Å². The van der Waals surface area contributed by atoms with Crippen molar-refractivity contribution in [3.8, 4) is 0 Å². The third-order valence-corrected chi connectivity index (χ3v) is 5.49. The summed E-state index contributed by atoms with van der Waals surface area (Å²) in [7, 11) is 0. The molecule has 0 bridgehead atoms. The van der Waals surface area contributed by atoms with E-state index in [0.29, 0.717) is 24.1 Å². The molecule has 1 heterocycles. The van der Waals surface area contributed by atoms with E-state index in [1.54, 1.807) is 0 Å². The summed E-state index contributed by atoms with van der Waals surface area (Å²) < 4.78 is 0. The van der Waals surface area contributed by atoms with Crippen LogP contribution in [-0.2, 0) is 11.3 Å². The number of benzene rings is 1. The number of anilines is 1. The largest absolute Gasteiger partial charge is 0.357 e. The quantitative estimate of drug-likeness (QED) is 0.479. The van der Waals surface area contributed by atoms with Crippen LogP contribution in [0.25, 0.3) is 0 Å². The van der Waals surface area contributed by atoms with Crippen molar-refractivity contribution in [2.24, 2.45) is 10.9 Å². The molecule has 0 saturated carbocycles. The number of carbonyl (C=O) groups excluding carboxylic acids is 1. The molecule has 1 unspecified atom stereocenters. The number of carbonyl (C=O) groups is 1. The SMILES string of the molecule is CCNC(=NCc1cccc(NC(=O)CC(C)C)c1)NCC1CCCS1. The predicted octanol–water partition coefficient (Wildman–Crippen LogP) is 3.62.